The number of nitrogens with one attached hydrogen (secondary N) is 1. The molecule has 1 N–H and O–H groups in total. The van der Waals surface area contributed by atoms with Crippen molar-refractivity contribution in [2.45, 2.75) is 65.8 Å². The van der Waals surface area contributed by atoms with Gasteiger partial charge in [-0.15, -0.1) is 13.0 Å². The summed E-state index contributed by atoms with van der Waals surface area (Å²) in [7, 11) is 0. The lowest BCUT2D eigenvalue weighted by molar-refractivity contribution is 0.211. The van der Waals surface area contributed by atoms with Crippen LogP contribution in [-0.2, 0) is 0 Å². The van der Waals surface area contributed by atoms with Crippen LogP contribution in [0.25, 0.3) is 0 Å². The first-order valence-electron chi connectivity index (χ1n) is 8.84. The zero-order valence-electron chi connectivity index (χ0n) is 15.7. The number of benzene rings is 1. The van der Waals surface area contributed by atoms with Gasteiger partial charge in [0.05, 0.1) is 6.07 Å². The molecule has 0 bridgehead atoms. The van der Waals surface area contributed by atoms with Gasteiger partial charge in [0.15, 0.2) is 0 Å². The predicted octanol–water partition coefficient (Wildman–Crippen LogP) is 6.16. The van der Waals surface area contributed by atoms with Crippen molar-refractivity contribution in [3.63, 3.8) is 0 Å². The van der Waals surface area contributed by atoms with Gasteiger partial charge in [-0.25, -0.2) is 0 Å². The molecule has 2 rings (SSSR count). The van der Waals surface area contributed by atoms with E-state index in [-0.39, 0.29) is 5.41 Å². The first-order chi connectivity index (χ1) is 11.6. The lowest BCUT2D eigenvalue weighted by atomic mass is 9.72. The Kier molecular flexibility index (Phi) is 11.1. The lowest BCUT2D eigenvalue weighted by Gasteiger charge is -2.36. The summed E-state index contributed by atoms with van der Waals surface area (Å²) >= 11 is 0. The van der Waals surface area contributed by atoms with E-state index < -0.39 is 0 Å². The molecule has 0 atom stereocenters. The van der Waals surface area contributed by atoms with E-state index in [0.29, 0.717) is 12.5 Å². The van der Waals surface area contributed by atoms with Crippen LogP contribution in [0.3, 0.4) is 0 Å². The minimum atomic E-state index is 0.222. The van der Waals surface area contributed by atoms with Gasteiger partial charge in [-0.1, -0.05) is 32.8 Å². The number of hydrogen-bond donors (Lipinski definition) is 1. The largest absolute Gasteiger partial charge is 0.382 e. The highest BCUT2D eigenvalue weighted by Crippen LogP contribution is 2.39. The summed E-state index contributed by atoms with van der Waals surface area (Å²) in [4.78, 5) is 0. The number of allylic oxidation sites excluding steroid dienone is 1. The lowest BCUT2D eigenvalue weighted by Crippen LogP contribution is -2.31. The molecular formula is C22H32N2. The Bertz CT molecular complexity index is 535. The SMILES string of the molecule is C#Cc1ccc(NC2CCC(C)(CC#N)CC2)cc1.C=CC.CC. The average Bonchev–Trinajstić information content (AvgIpc) is 2.60. The van der Waals surface area contributed by atoms with E-state index in [9.17, 15) is 0 Å². The van der Waals surface area contributed by atoms with Crippen LogP contribution in [0.1, 0.15) is 65.4 Å². The second-order valence-corrected chi connectivity index (χ2v) is 6.19. The molecular weight excluding hydrogens is 292 g/mol. The summed E-state index contributed by atoms with van der Waals surface area (Å²) < 4.78 is 0. The Hall–Kier alpha value is -2.19. The number of terminal acetylenes is 1. The smallest absolute Gasteiger partial charge is 0.0627 e. The molecule has 1 aromatic rings. The maximum atomic E-state index is 8.85. The molecule has 0 saturated heterocycles. The predicted molar refractivity (Wildman–Crippen MR) is 106 cm³/mol. The Morgan fingerprint density at radius 1 is 1.29 bits per heavy atom. The Labute approximate surface area is 149 Å². The summed E-state index contributed by atoms with van der Waals surface area (Å²) in [5, 5.41) is 12.4. The zero-order chi connectivity index (χ0) is 18.4. The van der Waals surface area contributed by atoms with Gasteiger partial charge < -0.3 is 5.32 Å². The van der Waals surface area contributed by atoms with Gasteiger partial charge in [0.1, 0.15) is 0 Å². The molecule has 1 aliphatic carbocycles. The molecule has 0 amide bonds. The topological polar surface area (TPSA) is 35.8 Å². The van der Waals surface area contributed by atoms with Crippen LogP contribution in [0.2, 0.25) is 0 Å². The van der Waals surface area contributed by atoms with E-state index in [2.05, 4.69) is 30.8 Å². The van der Waals surface area contributed by atoms with Crippen LogP contribution >= 0.6 is 0 Å². The van der Waals surface area contributed by atoms with E-state index in [0.717, 1.165) is 36.9 Å². The van der Waals surface area contributed by atoms with E-state index in [1.165, 1.54) is 0 Å². The maximum Gasteiger partial charge on any atom is 0.0627 e. The van der Waals surface area contributed by atoms with Crippen molar-refractivity contribution in [1.29, 1.82) is 5.26 Å². The molecule has 0 heterocycles. The highest BCUT2D eigenvalue weighted by molar-refractivity contribution is 5.48. The molecule has 0 unspecified atom stereocenters. The first kappa shape index (κ1) is 21.8. The number of nitrogens with zero attached hydrogens (tertiary/aromatic N) is 1. The van der Waals surface area contributed by atoms with Crippen LogP contribution in [0.5, 0.6) is 0 Å². The quantitative estimate of drug-likeness (QED) is 0.534. The number of nitriles is 1. The van der Waals surface area contributed by atoms with Crippen molar-refractivity contribution in [1.82, 2.24) is 0 Å². The molecule has 2 nitrogen and oxygen atoms in total. The van der Waals surface area contributed by atoms with Gasteiger partial charge in [0, 0.05) is 23.7 Å². The third-order valence-corrected chi connectivity index (χ3v) is 4.12. The molecule has 0 aliphatic heterocycles. The Morgan fingerprint density at radius 3 is 2.21 bits per heavy atom. The first-order valence-corrected chi connectivity index (χ1v) is 8.84. The Balaban J connectivity index is 0.000000952. The maximum absolute atomic E-state index is 8.85. The normalized spacial score (nSPS) is 21.5. The highest BCUT2D eigenvalue weighted by Gasteiger charge is 2.30. The van der Waals surface area contributed by atoms with Crippen LogP contribution in [-0.4, -0.2) is 6.04 Å². The van der Waals surface area contributed by atoms with Crippen LogP contribution < -0.4 is 5.32 Å². The van der Waals surface area contributed by atoms with Crippen molar-refractivity contribution in [3.8, 4) is 18.4 Å². The minimum Gasteiger partial charge on any atom is -0.382 e. The van der Waals surface area contributed by atoms with Crippen molar-refractivity contribution < 1.29 is 0 Å². The zero-order valence-corrected chi connectivity index (χ0v) is 15.7. The van der Waals surface area contributed by atoms with E-state index in [1.54, 1.807) is 6.08 Å². The van der Waals surface area contributed by atoms with Crippen LogP contribution in [0, 0.1) is 29.1 Å². The number of rotatable bonds is 3. The molecule has 0 spiro atoms. The standard InChI is InChI=1S/C17H20N2.C3H6.C2H6/c1-3-14-4-6-15(7-5-14)19-16-8-10-17(2,11-9-16)12-13-18;1-3-2;1-2/h1,4-7,16,19H,8-12H2,2H3;3H,1H2,2H3;1-2H3. The number of hydrogen-bond acceptors (Lipinski definition) is 2. The molecule has 130 valence electrons. The summed E-state index contributed by atoms with van der Waals surface area (Å²) in [6.45, 7) is 11.5. The van der Waals surface area contributed by atoms with Crippen molar-refractivity contribution in [3.05, 3.63) is 42.5 Å². The molecule has 1 saturated carbocycles. The molecule has 1 fully saturated rings. The molecule has 0 aromatic heterocycles. The second-order valence-electron chi connectivity index (χ2n) is 6.19. The fourth-order valence-corrected chi connectivity index (χ4v) is 2.73. The third-order valence-electron chi connectivity index (χ3n) is 4.12. The average molecular weight is 325 g/mol. The summed E-state index contributed by atoms with van der Waals surface area (Å²) in [6.07, 6.45) is 12.3. The second kappa shape index (κ2) is 12.3. The van der Waals surface area contributed by atoms with Gasteiger partial charge in [0.25, 0.3) is 0 Å². The molecule has 24 heavy (non-hydrogen) atoms. The van der Waals surface area contributed by atoms with Crippen LogP contribution in [0.4, 0.5) is 5.69 Å². The molecule has 2 heteroatoms. The van der Waals surface area contributed by atoms with E-state index >= 15 is 0 Å². The van der Waals surface area contributed by atoms with E-state index in [1.807, 2.05) is 45.0 Å². The van der Waals surface area contributed by atoms with Crippen molar-refractivity contribution in [2.75, 3.05) is 5.32 Å². The monoisotopic (exact) mass is 324 g/mol. The summed E-state index contributed by atoms with van der Waals surface area (Å²) in [6, 6.07) is 10.8. The third kappa shape index (κ3) is 7.89. The minimum absolute atomic E-state index is 0.222. The van der Waals surface area contributed by atoms with Crippen molar-refractivity contribution in [2.24, 2.45) is 5.41 Å². The Morgan fingerprint density at radius 2 is 1.79 bits per heavy atom. The fourth-order valence-electron chi connectivity index (χ4n) is 2.73. The molecule has 1 aliphatic rings. The van der Waals surface area contributed by atoms with E-state index in [4.69, 9.17) is 11.7 Å². The van der Waals surface area contributed by atoms with Crippen LogP contribution in [0.15, 0.2) is 36.9 Å². The van der Waals surface area contributed by atoms with Gasteiger partial charge in [0.2, 0.25) is 0 Å². The molecule has 0 radical (unpaired) electrons. The molecule has 1 aromatic carbocycles. The van der Waals surface area contributed by atoms with Crippen molar-refractivity contribution >= 4 is 5.69 Å². The highest BCUT2D eigenvalue weighted by atomic mass is 14.9. The number of anilines is 1. The van der Waals surface area contributed by atoms with Gasteiger partial charge in [-0.3, -0.25) is 0 Å². The van der Waals surface area contributed by atoms with Gasteiger partial charge in [-0.2, -0.15) is 5.26 Å². The van der Waals surface area contributed by atoms with Gasteiger partial charge >= 0.3 is 0 Å². The fraction of sp³-hybridized carbons (Fsp3) is 0.500. The van der Waals surface area contributed by atoms with Gasteiger partial charge in [-0.05, 0) is 62.3 Å². The summed E-state index contributed by atoms with van der Waals surface area (Å²) in [5.74, 6) is 2.62. The summed E-state index contributed by atoms with van der Waals surface area (Å²) in [5.41, 5.74) is 2.27.